The lowest BCUT2D eigenvalue weighted by Gasteiger charge is -2.13. The van der Waals surface area contributed by atoms with Gasteiger partial charge in [-0.2, -0.15) is 0 Å². The van der Waals surface area contributed by atoms with Crippen LogP contribution in [0.25, 0.3) is 11.1 Å². The van der Waals surface area contributed by atoms with Crippen LogP contribution in [-0.4, -0.2) is 6.04 Å². The number of nitrogens with one attached hydrogen (secondary N) is 1. The van der Waals surface area contributed by atoms with Crippen LogP contribution in [0, 0.1) is 6.92 Å². The largest absolute Gasteiger partial charge is 0.309 e. The van der Waals surface area contributed by atoms with E-state index in [9.17, 15) is 0 Å². The second kappa shape index (κ2) is 6.62. The lowest BCUT2D eigenvalue weighted by Crippen LogP contribution is -2.28. The van der Waals surface area contributed by atoms with Gasteiger partial charge in [0.05, 0.1) is 0 Å². The highest BCUT2D eigenvalue weighted by Gasteiger charge is 2.20. The van der Waals surface area contributed by atoms with Crippen LogP contribution in [0.15, 0.2) is 72.8 Å². The Kier molecular flexibility index (Phi) is 4.18. The molecule has 0 unspecified atom stereocenters. The van der Waals surface area contributed by atoms with E-state index in [1.807, 2.05) is 0 Å². The molecule has 1 heteroatoms. The number of hydrogen-bond acceptors (Lipinski definition) is 1. The minimum atomic E-state index is 0.560. The van der Waals surface area contributed by atoms with Gasteiger partial charge in [0, 0.05) is 12.6 Å². The fraction of sp³-hybridized carbons (Fsp3) is 0.217. The smallest absolute Gasteiger partial charge is 0.0208 e. The predicted octanol–water partition coefficient (Wildman–Crippen LogP) is 4.92. The number of rotatable bonds is 4. The fourth-order valence-electron chi connectivity index (χ4n) is 3.71. The first-order valence-electron chi connectivity index (χ1n) is 8.75. The molecule has 1 aliphatic rings. The van der Waals surface area contributed by atoms with E-state index in [4.69, 9.17) is 0 Å². The van der Waals surface area contributed by atoms with Gasteiger partial charge in [0.15, 0.2) is 0 Å². The SMILES string of the molecule is Cc1ccccc1-c1cccc(CNC2Cc3ccccc3C2)c1. The van der Waals surface area contributed by atoms with E-state index in [-0.39, 0.29) is 0 Å². The van der Waals surface area contributed by atoms with E-state index >= 15 is 0 Å². The van der Waals surface area contributed by atoms with E-state index < -0.39 is 0 Å². The summed E-state index contributed by atoms with van der Waals surface area (Å²) in [5.74, 6) is 0. The Morgan fingerprint density at radius 1 is 0.833 bits per heavy atom. The normalized spacial score (nSPS) is 13.9. The zero-order valence-corrected chi connectivity index (χ0v) is 14.1. The summed E-state index contributed by atoms with van der Waals surface area (Å²) in [5.41, 5.74) is 8.32. The molecule has 1 aliphatic carbocycles. The quantitative estimate of drug-likeness (QED) is 0.721. The van der Waals surface area contributed by atoms with E-state index in [2.05, 4.69) is 85.0 Å². The maximum Gasteiger partial charge on any atom is 0.0208 e. The van der Waals surface area contributed by atoms with Crippen molar-refractivity contribution >= 4 is 0 Å². The molecule has 0 radical (unpaired) electrons. The molecule has 0 saturated heterocycles. The number of aryl methyl sites for hydroxylation is 1. The van der Waals surface area contributed by atoms with Crippen LogP contribution in [0.2, 0.25) is 0 Å². The maximum atomic E-state index is 3.74. The number of fused-ring (bicyclic) bond motifs is 1. The van der Waals surface area contributed by atoms with E-state index in [0.717, 1.165) is 19.4 Å². The molecule has 0 aromatic heterocycles. The molecule has 24 heavy (non-hydrogen) atoms. The fourth-order valence-corrected chi connectivity index (χ4v) is 3.71. The highest BCUT2D eigenvalue weighted by molar-refractivity contribution is 5.67. The molecule has 0 bridgehead atoms. The van der Waals surface area contributed by atoms with Crippen molar-refractivity contribution in [2.75, 3.05) is 0 Å². The maximum absolute atomic E-state index is 3.74. The second-order valence-electron chi connectivity index (χ2n) is 6.77. The Morgan fingerprint density at radius 2 is 1.54 bits per heavy atom. The molecule has 4 rings (SSSR count). The van der Waals surface area contributed by atoms with Crippen molar-refractivity contribution in [1.29, 1.82) is 0 Å². The first-order chi connectivity index (χ1) is 11.8. The molecule has 3 aromatic rings. The Hall–Kier alpha value is -2.38. The minimum absolute atomic E-state index is 0.560. The molecule has 1 nitrogen and oxygen atoms in total. The lowest BCUT2D eigenvalue weighted by atomic mass is 9.99. The average Bonchev–Trinajstić information content (AvgIpc) is 3.04. The number of hydrogen-bond donors (Lipinski definition) is 1. The van der Waals surface area contributed by atoms with Crippen molar-refractivity contribution in [2.45, 2.75) is 32.4 Å². The van der Waals surface area contributed by atoms with Gasteiger partial charge in [0.25, 0.3) is 0 Å². The van der Waals surface area contributed by atoms with Gasteiger partial charge in [-0.05, 0) is 59.2 Å². The molecular formula is C23H23N. The first kappa shape index (κ1) is 15.2. The van der Waals surface area contributed by atoms with Gasteiger partial charge < -0.3 is 5.32 Å². The van der Waals surface area contributed by atoms with Gasteiger partial charge >= 0.3 is 0 Å². The zero-order chi connectivity index (χ0) is 16.4. The van der Waals surface area contributed by atoms with Gasteiger partial charge in [-0.25, -0.2) is 0 Å². The lowest BCUT2D eigenvalue weighted by molar-refractivity contribution is 0.533. The molecule has 0 atom stereocenters. The predicted molar refractivity (Wildman–Crippen MR) is 101 cm³/mol. The highest BCUT2D eigenvalue weighted by Crippen LogP contribution is 2.25. The van der Waals surface area contributed by atoms with E-state index in [1.165, 1.54) is 33.4 Å². The van der Waals surface area contributed by atoms with Crippen LogP contribution in [0.1, 0.15) is 22.3 Å². The monoisotopic (exact) mass is 313 g/mol. The standard InChI is InChI=1S/C23H23N/c1-17-7-2-5-12-23(17)21-11-6-8-18(13-21)16-24-22-14-19-9-3-4-10-20(19)15-22/h2-13,22,24H,14-16H2,1H3. The Bertz CT molecular complexity index is 825. The third kappa shape index (κ3) is 3.13. The topological polar surface area (TPSA) is 12.0 Å². The van der Waals surface area contributed by atoms with Crippen LogP contribution in [0.5, 0.6) is 0 Å². The van der Waals surface area contributed by atoms with Crippen LogP contribution in [0.3, 0.4) is 0 Å². The van der Waals surface area contributed by atoms with Crippen LogP contribution >= 0.6 is 0 Å². The molecule has 120 valence electrons. The molecule has 0 amide bonds. The Balaban J connectivity index is 1.45. The van der Waals surface area contributed by atoms with Crippen molar-refractivity contribution in [1.82, 2.24) is 5.32 Å². The molecule has 3 aromatic carbocycles. The molecule has 0 heterocycles. The third-order valence-electron chi connectivity index (χ3n) is 5.03. The van der Waals surface area contributed by atoms with Gasteiger partial charge in [-0.1, -0.05) is 66.7 Å². The van der Waals surface area contributed by atoms with Gasteiger partial charge in [-0.15, -0.1) is 0 Å². The van der Waals surface area contributed by atoms with Crippen molar-refractivity contribution < 1.29 is 0 Å². The Labute approximate surface area is 144 Å². The first-order valence-corrected chi connectivity index (χ1v) is 8.75. The summed E-state index contributed by atoms with van der Waals surface area (Å²) >= 11 is 0. The van der Waals surface area contributed by atoms with Crippen molar-refractivity contribution in [3.63, 3.8) is 0 Å². The minimum Gasteiger partial charge on any atom is -0.309 e. The number of benzene rings is 3. The van der Waals surface area contributed by atoms with Crippen molar-refractivity contribution in [2.24, 2.45) is 0 Å². The molecule has 0 fully saturated rings. The van der Waals surface area contributed by atoms with Crippen LogP contribution in [0.4, 0.5) is 0 Å². The molecular weight excluding hydrogens is 290 g/mol. The Morgan fingerprint density at radius 3 is 2.29 bits per heavy atom. The molecule has 1 N–H and O–H groups in total. The second-order valence-corrected chi connectivity index (χ2v) is 6.77. The van der Waals surface area contributed by atoms with Crippen molar-refractivity contribution in [3.8, 4) is 11.1 Å². The third-order valence-corrected chi connectivity index (χ3v) is 5.03. The van der Waals surface area contributed by atoms with E-state index in [0.29, 0.717) is 6.04 Å². The summed E-state index contributed by atoms with van der Waals surface area (Å²) in [6, 6.07) is 26.9. The van der Waals surface area contributed by atoms with Crippen LogP contribution in [-0.2, 0) is 19.4 Å². The summed E-state index contributed by atoms with van der Waals surface area (Å²) in [4.78, 5) is 0. The van der Waals surface area contributed by atoms with Gasteiger partial charge in [0.2, 0.25) is 0 Å². The van der Waals surface area contributed by atoms with Crippen LogP contribution < -0.4 is 5.32 Å². The molecule has 0 aliphatic heterocycles. The van der Waals surface area contributed by atoms with E-state index in [1.54, 1.807) is 0 Å². The summed E-state index contributed by atoms with van der Waals surface area (Å²) in [7, 11) is 0. The van der Waals surface area contributed by atoms with Crippen molar-refractivity contribution in [3.05, 3.63) is 95.1 Å². The average molecular weight is 313 g/mol. The van der Waals surface area contributed by atoms with Gasteiger partial charge in [-0.3, -0.25) is 0 Å². The summed E-state index contributed by atoms with van der Waals surface area (Å²) in [5, 5.41) is 3.74. The highest BCUT2D eigenvalue weighted by atomic mass is 14.9. The zero-order valence-electron chi connectivity index (χ0n) is 14.1. The summed E-state index contributed by atoms with van der Waals surface area (Å²) in [6.07, 6.45) is 2.29. The van der Waals surface area contributed by atoms with Gasteiger partial charge in [0.1, 0.15) is 0 Å². The molecule has 0 saturated carbocycles. The summed E-state index contributed by atoms with van der Waals surface area (Å²) in [6.45, 7) is 3.11. The summed E-state index contributed by atoms with van der Waals surface area (Å²) < 4.78 is 0. The molecule has 0 spiro atoms.